The summed E-state index contributed by atoms with van der Waals surface area (Å²) in [5.41, 5.74) is 1.63. The molecular weight excluding hydrogens is 440 g/mol. The third kappa shape index (κ3) is 5.35. The molecule has 1 saturated heterocycles. The Morgan fingerprint density at radius 2 is 2.00 bits per heavy atom. The number of hydrogen-bond acceptors (Lipinski definition) is 5. The number of likely N-dealkylation sites (tertiary alicyclic amines) is 1. The fourth-order valence-corrected chi connectivity index (χ4v) is 5.21. The number of urea groups is 1. The molecule has 8 nitrogen and oxygen atoms in total. The summed E-state index contributed by atoms with van der Waals surface area (Å²) in [6, 6.07) is 11.6. The van der Waals surface area contributed by atoms with E-state index in [-0.39, 0.29) is 29.3 Å². The van der Waals surface area contributed by atoms with Crippen LogP contribution in [0, 0.1) is 5.92 Å². The first-order chi connectivity index (χ1) is 16.0. The number of aromatic nitrogens is 1. The number of fused-ring (bicyclic) bond motifs is 4. The number of amides is 3. The van der Waals surface area contributed by atoms with E-state index >= 15 is 0 Å². The summed E-state index contributed by atoms with van der Waals surface area (Å²) in [5.74, 6) is 1.51. The number of methoxy groups -OCH3 is 1. The van der Waals surface area contributed by atoms with E-state index in [9.17, 15) is 14.4 Å². The van der Waals surface area contributed by atoms with Gasteiger partial charge < -0.3 is 24.8 Å². The van der Waals surface area contributed by atoms with Gasteiger partial charge in [-0.1, -0.05) is 12.1 Å². The predicted molar refractivity (Wildman–Crippen MR) is 130 cm³/mol. The van der Waals surface area contributed by atoms with Gasteiger partial charge in [0, 0.05) is 49.1 Å². The standard InChI is InChI=1S/C24H30N4O4S/c1-32-19-6-3-5-18(12-19)25-23(30)20(9-10-33-2)26-24(31)27-13-16-11-17(15-27)21-7-4-8-22(29)28(21)14-16/h3-8,12,16-17,20H,9-11,13-15H2,1-2H3,(H,25,30)(H,26,31)/t16-,17+,20+/m1/s1. The van der Waals surface area contributed by atoms with E-state index in [1.165, 1.54) is 0 Å². The number of ether oxygens (including phenoxy) is 1. The van der Waals surface area contributed by atoms with Crippen LogP contribution in [0.15, 0.2) is 47.3 Å². The molecule has 9 heteroatoms. The van der Waals surface area contributed by atoms with Crippen LogP contribution in [0.25, 0.3) is 0 Å². The molecule has 1 aromatic heterocycles. The number of thioether (sulfide) groups is 1. The molecular formula is C24H30N4O4S. The van der Waals surface area contributed by atoms with E-state index in [0.29, 0.717) is 37.5 Å². The van der Waals surface area contributed by atoms with Crippen LogP contribution in [-0.2, 0) is 11.3 Å². The van der Waals surface area contributed by atoms with E-state index in [1.54, 1.807) is 54.1 Å². The van der Waals surface area contributed by atoms with Crippen molar-refractivity contribution < 1.29 is 14.3 Å². The molecule has 176 valence electrons. The molecule has 3 amide bonds. The topological polar surface area (TPSA) is 92.7 Å². The average molecular weight is 471 g/mol. The van der Waals surface area contributed by atoms with Crippen molar-refractivity contribution in [1.82, 2.24) is 14.8 Å². The number of benzene rings is 1. The fraction of sp³-hybridized carbons (Fsp3) is 0.458. The lowest BCUT2D eigenvalue weighted by atomic mass is 9.83. The summed E-state index contributed by atoms with van der Waals surface area (Å²) in [4.78, 5) is 40.2. The normalized spacial score (nSPS) is 19.9. The number of nitrogens with one attached hydrogen (secondary N) is 2. The second-order valence-corrected chi connectivity index (χ2v) is 9.59. The van der Waals surface area contributed by atoms with Crippen molar-refractivity contribution >= 4 is 29.4 Å². The number of nitrogens with zero attached hydrogens (tertiary/aromatic N) is 2. The maximum atomic E-state index is 13.2. The summed E-state index contributed by atoms with van der Waals surface area (Å²) in [6.07, 6.45) is 3.48. The summed E-state index contributed by atoms with van der Waals surface area (Å²) >= 11 is 1.63. The zero-order valence-electron chi connectivity index (χ0n) is 19.0. The summed E-state index contributed by atoms with van der Waals surface area (Å²) in [7, 11) is 1.57. The number of rotatable bonds is 7. The predicted octanol–water partition coefficient (Wildman–Crippen LogP) is 2.75. The molecule has 2 bridgehead atoms. The summed E-state index contributed by atoms with van der Waals surface area (Å²) in [5, 5.41) is 5.85. The van der Waals surface area contributed by atoms with Gasteiger partial charge in [-0.15, -0.1) is 0 Å². The van der Waals surface area contributed by atoms with Crippen molar-refractivity contribution in [2.75, 3.05) is 37.5 Å². The smallest absolute Gasteiger partial charge is 0.318 e. The van der Waals surface area contributed by atoms with E-state index in [4.69, 9.17) is 4.74 Å². The number of pyridine rings is 1. The molecule has 0 unspecified atom stereocenters. The first kappa shape index (κ1) is 23.2. The van der Waals surface area contributed by atoms with Gasteiger partial charge in [0.1, 0.15) is 11.8 Å². The first-order valence-corrected chi connectivity index (χ1v) is 12.6. The number of carbonyl (C=O) groups excluding carboxylic acids is 2. The Hall–Kier alpha value is -2.94. The third-order valence-corrected chi connectivity index (χ3v) is 6.97. The third-order valence-electron chi connectivity index (χ3n) is 6.33. The Labute approximate surface area is 197 Å². The van der Waals surface area contributed by atoms with Crippen LogP contribution in [0.1, 0.15) is 24.5 Å². The van der Waals surface area contributed by atoms with Crippen molar-refractivity contribution in [1.29, 1.82) is 0 Å². The van der Waals surface area contributed by atoms with E-state index < -0.39 is 6.04 Å². The number of anilines is 1. The summed E-state index contributed by atoms with van der Waals surface area (Å²) in [6.45, 7) is 1.75. The van der Waals surface area contributed by atoms with Gasteiger partial charge in [-0.05, 0) is 49.0 Å². The van der Waals surface area contributed by atoms with E-state index in [1.807, 2.05) is 23.0 Å². The van der Waals surface area contributed by atoms with Crippen molar-refractivity contribution in [3.8, 4) is 5.75 Å². The second kappa shape index (κ2) is 10.3. The van der Waals surface area contributed by atoms with Crippen LogP contribution >= 0.6 is 11.8 Å². The van der Waals surface area contributed by atoms with Crippen molar-refractivity contribution in [2.45, 2.75) is 31.3 Å². The first-order valence-electron chi connectivity index (χ1n) is 11.2. The molecule has 2 N–H and O–H groups in total. The molecule has 3 heterocycles. The van der Waals surface area contributed by atoms with Gasteiger partial charge in [0.25, 0.3) is 5.56 Å². The highest BCUT2D eigenvalue weighted by atomic mass is 32.2. The molecule has 0 radical (unpaired) electrons. The molecule has 33 heavy (non-hydrogen) atoms. The highest BCUT2D eigenvalue weighted by Gasteiger charge is 2.37. The number of hydrogen-bond donors (Lipinski definition) is 2. The Balaban J connectivity index is 1.44. The zero-order valence-corrected chi connectivity index (χ0v) is 19.8. The summed E-state index contributed by atoms with van der Waals surface area (Å²) < 4.78 is 7.07. The SMILES string of the molecule is COc1cccc(NC(=O)[C@H](CCSC)NC(=O)N2C[C@H]3C[C@@H](C2)c2cccc(=O)n2C3)c1. The van der Waals surface area contributed by atoms with Gasteiger partial charge in [0.15, 0.2) is 0 Å². The molecule has 2 aliphatic rings. The molecule has 2 aromatic rings. The Bertz CT molecular complexity index is 1070. The molecule has 1 aromatic carbocycles. The minimum Gasteiger partial charge on any atom is -0.497 e. The zero-order chi connectivity index (χ0) is 23.4. The van der Waals surface area contributed by atoms with Crippen molar-refractivity contribution in [2.24, 2.45) is 5.92 Å². The number of piperidine rings is 1. The van der Waals surface area contributed by atoms with Gasteiger partial charge >= 0.3 is 6.03 Å². The Morgan fingerprint density at radius 1 is 1.18 bits per heavy atom. The van der Waals surface area contributed by atoms with Gasteiger partial charge in [-0.2, -0.15) is 11.8 Å². The van der Waals surface area contributed by atoms with Gasteiger partial charge in [-0.25, -0.2) is 4.79 Å². The van der Waals surface area contributed by atoms with Gasteiger partial charge in [-0.3, -0.25) is 9.59 Å². The van der Waals surface area contributed by atoms with Crippen LogP contribution in [0.5, 0.6) is 5.75 Å². The molecule has 3 atom stereocenters. The van der Waals surface area contributed by atoms with Crippen molar-refractivity contribution in [3.63, 3.8) is 0 Å². The lowest BCUT2D eigenvalue weighted by Crippen LogP contribution is -2.55. The quantitative estimate of drug-likeness (QED) is 0.649. The highest BCUT2D eigenvalue weighted by molar-refractivity contribution is 7.98. The average Bonchev–Trinajstić information content (AvgIpc) is 2.82. The van der Waals surface area contributed by atoms with Crippen LogP contribution in [0.2, 0.25) is 0 Å². The van der Waals surface area contributed by atoms with Gasteiger partial charge in [0.2, 0.25) is 5.91 Å². The van der Waals surface area contributed by atoms with E-state index in [2.05, 4.69) is 10.6 Å². The maximum absolute atomic E-state index is 13.2. The van der Waals surface area contributed by atoms with Crippen LogP contribution in [-0.4, -0.2) is 59.7 Å². The second-order valence-electron chi connectivity index (χ2n) is 8.61. The maximum Gasteiger partial charge on any atom is 0.318 e. The molecule has 4 rings (SSSR count). The van der Waals surface area contributed by atoms with E-state index in [0.717, 1.165) is 17.9 Å². The fourth-order valence-electron chi connectivity index (χ4n) is 4.74. The van der Waals surface area contributed by atoms with Crippen LogP contribution < -0.4 is 20.9 Å². The number of carbonyl (C=O) groups is 2. The molecule has 1 fully saturated rings. The van der Waals surface area contributed by atoms with Crippen LogP contribution in [0.4, 0.5) is 10.5 Å². The van der Waals surface area contributed by atoms with Crippen LogP contribution in [0.3, 0.4) is 0 Å². The molecule has 0 saturated carbocycles. The lowest BCUT2D eigenvalue weighted by Gasteiger charge is -2.43. The minimum absolute atomic E-state index is 0.0199. The van der Waals surface area contributed by atoms with Gasteiger partial charge in [0.05, 0.1) is 7.11 Å². The lowest BCUT2D eigenvalue weighted by molar-refractivity contribution is -0.118. The molecule has 0 spiro atoms. The van der Waals surface area contributed by atoms with Crippen molar-refractivity contribution in [3.05, 3.63) is 58.5 Å². The monoisotopic (exact) mass is 470 g/mol. The Kier molecular flexibility index (Phi) is 7.27. The minimum atomic E-state index is -0.646. The highest BCUT2D eigenvalue weighted by Crippen LogP contribution is 2.34. The molecule has 0 aliphatic carbocycles. The largest absolute Gasteiger partial charge is 0.497 e. The molecule has 2 aliphatic heterocycles. The Morgan fingerprint density at radius 3 is 2.79 bits per heavy atom.